The molecule has 0 aliphatic carbocycles. The molecule has 3 N–H and O–H groups in total. The molecular weight excluding hydrogens is 290 g/mol. The molecule has 2 aromatic carbocycles. The Morgan fingerprint density at radius 1 is 1.18 bits per heavy atom. The molecule has 0 aliphatic rings. The van der Waals surface area contributed by atoms with Crippen LogP contribution in [0.2, 0.25) is 0 Å². The van der Waals surface area contributed by atoms with Gasteiger partial charge >= 0.3 is 6.03 Å². The minimum atomic E-state index is -0.979. The first-order valence-electron chi connectivity index (χ1n) is 6.71. The van der Waals surface area contributed by atoms with E-state index in [0.717, 1.165) is 0 Å². The van der Waals surface area contributed by atoms with Gasteiger partial charge in [0.05, 0.1) is 11.8 Å². The van der Waals surface area contributed by atoms with Gasteiger partial charge in [0.25, 0.3) is 0 Å². The topological polar surface area (TPSA) is 61.4 Å². The van der Waals surface area contributed by atoms with E-state index in [1.54, 1.807) is 19.1 Å². The molecule has 0 radical (unpaired) electrons. The largest absolute Gasteiger partial charge is 0.387 e. The highest BCUT2D eigenvalue weighted by Gasteiger charge is 2.12. The van der Waals surface area contributed by atoms with Gasteiger partial charge < -0.3 is 15.7 Å². The Labute approximate surface area is 126 Å². The summed E-state index contributed by atoms with van der Waals surface area (Å²) in [6.07, 6.45) is -0.979. The zero-order valence-electron chi connectivity index (χ0n) is 11.9. The smallest absolute Gasteiger partial charge is 0.319 e. The van der Waals surface area contributed by atoms with Gasteiger partial charge in [-0.2, -0.15) is 0 Å². The Hall–Kier alpha value is -2.47. The lowest BCUT2D eigenvalue weighted by Gasteiger charge is -2.14. The molecule has 0 fully saturated rings. The number of carbonyl (C=O) groups excluding carboxylic acids is 1. The SMILES string of the molecule is Cc1cccc(F)c1NC(=O)NC[C@H](O)c1ccc(F)cc1. The third-order valence-electron chi connectivity index (χ3n) is 3.17. The number of amides is 2. The van der Waals surface area contributed by atoms with Crippen LogP contribution in [0.5, 0.6) is 0 Å². The molecule has 2 aromatic rings. The van der Waals surface area contributed by atoms with Gasteiger partial charge in [0, 0.05) is 6.54 Å². The average Bonchev–Trinajstić information content (AvgIpc) is 2.49. The maximum Gasteiger partial charge on any atom is 0.319 e. The molecular formula is C16H16F2N2O2. The number of aliphatic hydroxyl groups is 1. The molecule has 0 heterocycles. The van der Waals surface area contributed by atoms with Gasteiger partial charge in [0.15, 0.2) is 0 Å². The maximum atomic E-state index is 13.6. The Kier molecular flexibility index (Phi) is 5.06. The lowest BCUT2D eigenvalue weighted by Crippen LogP contribution is -2.32. The third kappa shape index (κ3) is 4.02. The third-order valence-corrected chi connectivity index (χ3v) is 3.17. The van der Waals surface area contributed by atoms with Crippen LogP contribution >= 0.6 is 0 Å². The first-order valence-corrected chi connectivity index (χ1v) is 6.71. The molecule has 1 atom stereocenters. The van der Waals surface area contributed by atoms with Crippen molar-refractivity contribution in [2.45, 2.75) is 13.0 Å². The summed E-state index contributed by atoms with van der Waals surface area (Å²) in [5.41, 5.74) is 1.16. The summed E-state index contributed by atoms with van der Waals surface area (Å²) in [6, 6.07) is 9.15. The zero-order valence-corrected chi connectivity index (χ0v) is 11.9. The number of nitrogens with one attached hydrogen (secondary N) is 2. The van der Waals surface area contributed by atoms with Gasteiger partial charge in [0.1, 0.15) is 11.6 Å². The summed E-state index contributed by atoms with van der Waals surface area (Å²) in [4.78, 5) is 11.7. The van der Waals surface area contributed by atoms with Gasteiger partial charge in [-0.3, -0.25) is 0 Å². The molecule has 0 saturated carbocycles. The summed E-state index contributed by atoms with van der Waals surface area (Å²) in [5, 5.41) is 14.7. The van der Waals surface area contributed by atoms with E-state index in [0.29, 0.717) is 11.1 Å². The number of aryl methyl sites for hydroxylation is 1. The maximum absolute atomic E-state index is 13.6. The molecule has 0 spiro atoms. The highest BCUT2D eigenvalue weighted by Crippen LogP contribution is 2.18. The van der Waals surface area contributed by atoms with Crippen molar-refractivity contribution >= 4 is 11.7 Å². The Morgan fingerprint density at radius 2 is 1.86 bits per heavy atom. The van der Waals surface area contributed by atoms with E-state index < -0.39 is 23.8 Å². The fraction of sp³-hybridized carbons (Fsp3) is 0.188. The quantitative estimate of drug-likeness (QED) is 0.812. The highest BCUT2D eigenvalue weighted by atomic mass is 19.1. The molecule has 116 valence electrons. The lowest BCUT2D eigenvalue weighted by molar-refractivity contribution is 0.175. The van der Waals surface area contributed by atoms with E-state index in [1.807, 2.05) is 0 Å². The molecule has 4 nitrogen and oxygen atoms in total. The first-order chi connectivity index (χ1) is 10.5. The van der Waals surface area contributed by atoms with Crippen LogP contribution in [0, 0.1) is 18.6 Å². The average molecular weight is 306 g/mol. The Balaban J connectivity index is 1.91. The lowest BCUT2D eigenvalue weighted by atomic mass is 10.1. The van der Waals surface area contributed by atoms with E-state index >= 15 is 0 Å². The van der Waals surface area contributed by atoms with Crippen molar-refractivity contribution in [2.24, 2.45) is 0 Å². The van der Waals surface area contributed by atoms with Gasteiger partial charge in [-0.05, 0) is 36.2 Å². The second-order valence-corrected chi connectivity index (χ2v) is 4.83. The normalized spacial score (nSPS) is 11.8. The van der Waals surface area contributed by atoms with Crippen molar-refractivity contribution in [3.8, 4) is 0 Å². The summed E-state index contributed by atoms with van der Waals surface area (Å²) in [7, 11) is 0. The minimum Gasteiger partial charge on any atom is -0.387 e. The van der Waals surface area contributed by atoms with Crippen LogP contribution in [-0.4, -0.2) is 17.7 Å². The van der Waals surface area contributed by atoms with Crippen LogP contribution in [0.25, 0.3) is 0 Å². The number of hydrogen-bond acceptors (Lipinski definition) is 2. The summed E-state index contributed by atoms with van der Waals surface area (Å²) in [5.74, 6) is -0.939. The molecule has 2 amide bonds. The monoisotopic (exact) mass is 306 g/mol. The number of hydrogen-bond donors (Lipinski definition) is 3. The van der Waals surface area contributed by atoms with E-state index in [4.69, 9.17) is 0 Å². The van der Waals surface area contributed by atoms with E-state index in [9.17, 15) is 18.7 Å². The van der Waals surface area contributed by atoms with Crippen molar-refractivity contribution in [1.82, 2.24) is 5.32 Å². The van der Waals surface area contributed by atoms with Crippen LogP contribution in [-0.2, 0) is 0 Å². The van der Waals surface area contributed by atoms with E-state index in [2.05, 4.69) is 10.6 Å². The van der Waals surface area contributed by atoms with Crippen molar-refractivity contribution in [2.75, 3.05) is 11.9 Å². The standard InChI is InChI=1S/C16H16F2N2O2/c1-10-3-2-4-13(18)15(10)20-16(22)19-9-14(21)11-5-7-12(17)8-6-11/h2-8,14,21H,9H2,1H3,(H2,19,20,22)/t14-/m0/s1. The van der Waals surface area contributed by atoms with Gasteiger partial charge in [-0.1, -0.05) is 24.3 Å². The van der Waals surface area contributed by atoms with Crippen LogP contribution in [0.3, 0.4) is 0 Å². The number of halogens is 2. The highest BCUT2D eigenvalue weighted by molar-refractivity contribution is 5.90. The fourth-order valence-corrected chi connectivity index (χ4v) is 1.94. The van der Waals surface area contributed by atoms with Gasteiger partial charge in [-0.25, -0.2) is 13.6 Å². The van der Waals surface area contributed by atoms with Crippen molar-refractivity contribution in [3.05, 3.63) is 65.2 Å². The molecule has 6 heteroatoms. The number of rotatable bonds is 4. The predicted molar refractivity (Wildman–Crippen MR) is 79.5 cm³/mol. The molecule has 0 saturated heterocycles. The number of aliphatic hydroxyl groups excluding tert-OH is 1. The number of benzene rings is 2. The second kappa shape index (κ2) is 7.00. The number of anilines is 1. The molecule has 0 aliphatic heterocycles. The fourth-order valence-electron chi connectivity index (χ4n) is 1.94. The second-order valence-electron chi connectivity index (χ2n) is 4.83. The van der Waals surface area contributed by atoms with Crippen molar-refractivity contribution in [3.63, 3.8) is 0 Å². The zero-order chi connectivity index (χ0) is 16.1. The molecule has 22 heavy (non-hydrogen) atoms. The molecule has 0 aromatic heterocycles. The minimum absolute atomic E-state index is 0.0784. The van der Waals surface area contributed by atoms with Crippen molar-refractivity contribution in [1.29, 1.82) is 0 Å². The van der Waals surface area contributed by atoms with Crippen LogP contribution in [0.15, 0.2) is 42.5 Å². The Bertz CT molecular complexity index is 639. The predicted octanol–water partition coefficient (Wildman–Crippen LogP) is 3.13. The van der Waals surface area contributed by atoms with Gasteiger partial charge in [0.2, 0.25) is 0 Å². The first kappa shape index (κ1) is 15.9. The summed E-state index contributed by atoms with van der Waals surface area (Å²) in [6.45, 7) is 1.59. The van der Waals surface area contributed by atoms with Crippen molar-refractivity contribution < 1.29 is 18.7 Å². The van der Waals surface area contributed by atoms with Crippen LogP contribution in [0.1, 0.15) is 17.2 Å². The van der Waals surface area contributed by atoms with Gasteiger partial charge in [-0.15, -0.1) is 0 Å². The van der Waals surface area contributed by atoms with E-state index in [1.165, 1.54) is 30.3 Å². The molecule has 0 unspecified atom stereocenters. The summed E-state index contributed by atoms with van der Waals surface area (Å²) >= 11 is 0. The number of para-hydroxylation sites is 1. The number of urea groups is 1. The van der Waals surface area contributed by atoms with E-state index in [-0.39, 0.29) is 12.2 Å². The Morgan fingerprint density at radius 3 is 2.50 bits per heavy atom. The van der Waals surface area contributed by atoms with Crippen LogP contribution in [0.4, 0.5) is 19.3 Å². The number of carbonyl (C=O) groups is 1. The molecule has 2 rings (SSSR count). The van der Waals surface area contributed by atoms with Crippen LogP contribution < -0.4 is 10.6 Å². The summed E-state index contributed by atoms with van der Waals surface area (Å²) < 4.78 is 26.4. The molecule has 0 bridgehead atoms.